The molecule has 0 saturated heterocycles. The first kappa shape index (κ1) is 11.8. The Bertz CT molecular complexity index is 640. The van der Waals surface area contributed by atoms with Crippen LogP contribution in [0.25, 0.3) is 5.69 Å². The highest BCUT2D eigenvalue weighted by Gasteiger charge is 2.10. The van der Waals surface area contributed by atoms with E-state index in [2.05, 4.69) is 5.10 Å². The van der Waals surface area contributed by atoms with Crippen molar-refractivity contribution in [1.29, 1.82) is 0 Å². The number of rotatable bonds is 2. The summed E-state index contributed by atoms with van der Waals surface area (Å²) in [5, 5.41) is 1.48. The van der Waals surface area contributed by atoms with Crippen molar-refractivity contribution in [2.24, 2.45) is 0 Å². The highest BCUT2D eigenvalue weighted by molar-refractivity contribution is 7.57. The number of halogens is 1. The van der Waals surface area contributed by atoms with Crippen LogP contribution in [0.5, 0.6) is 0 Å². The van der Waals surface area contributed by atoms with Crippen LogP contribution in [0.2, 0.25) is 0 Å². The average Bonchev–Trinajstić information content (AvgIpc) is 2.61. The molecule has 0 aliphatic heterocycles. The first-order chi connectivity index (χ1) is 7.89. The van der Waals surface area contributed by atoms with E-state index in [1.807, 2.05) is 0 Å². The van der Waals surface area contributed by atoms with Crippen LogP contribution in [0.1, 0.15) is 0 Å². The summed E-state index contributed by atoms with van der Waals surface area (Å²) in [7, 11) is -5.10. The molecular weight excluding hydrogens is 250 g/mol. The highest BCUT2D eigenvalue weighted by Crippen LogP contribution is 2.19. The molecule has 1 aromatic carbocycles. The molecule has 0 amide bonds. The van der Waals surface area contributed by atoms with E-state index in [-0.39, 0.29) is 5.69 Å². The first-order valence-corrected chi connectivity index (χ1v) is 6.03. The largest absolute Gasteiger partial charge is 0.807 e. The van der Waals surface area contributed by atoms with Crippen molar-refractivity contribution in [1.82, 2.24) is 9.78 Å². The lowest BCUT2D eigenvalue weighted by molar-refractivity contribution is -0.308. The fraction of sp³-hybridized carbons (Fsp3) is 0. The van der Waals surface area contributed by atoms with E-state index in [0.29, 0.717) is 0 Å². The Kier molecular flexibility index (Phi) is 2.74. The average molecular weight is 256 g/mol. The Morgan fingerprint density at radius 3 is 2.29 bits per heavy atom. The minimum absolute atomic E-state index is 0.233. The topological polar surface area (TPSA) is 101 Å². The summed E-state index contributed by atoms with van der Waals surface area (Å²) in [4.78, 5) is 33.0. The summed E-state index contributed by atoms with van der Waals surface area (Å²) in [5.74, 6) is -0.494. The molecule has 1 heterocycles. The smallest absolute Gasteiger partial charge is 0.279 e. The Morgan fingerprint density at radius 2 is 1.82 bits per heavy atom. The first-order valence-electron chi connectivity index (χ1n) is 4.48. The van der Waals surface area contributed by atoms with Gasteiger partial charge in [-0.05, 0) is 31.9 Å². The van der Waals surface area contributed by atoms with E-state index >= 15 is 0 Å². The third-order valence-electron chi connectivity index (χ3n) is 2.13. The van der Waals surface area contributed by atoms with Crippen LogP contribution in [0.15, 0.2) is 35.3 Å². The predicted octanol–water partition coefficient (Wildman–Crippen LogP) is -1.16. The molecule has 0 atom stereocenters. The van der Waals surface area contributed by atoms with Gasteiger partial charge in [-0.2, -0.15) is 0 Å². The van der Waals surface area contributed by atoms with Crippen LogP contribution in [0, 0.1) is 5.82 Å². The number of hydrogen-bond acceptors (Lipinski definition) is 4. The van der Waals surface area contributed by atoms with E-state index in [9.17, 15) is 23.5 Å². The normalized spacial score (nSPS) is 11.7. The van der Waals surface area contributed by atoms with Gasteiger partial charge in [0.2, 0.25) is 0 Å². The number of nitrogens with one attached hydrogen (secondary N) is 1. The summed E-state index contributed by atoms with van der Waals surface area (Å²) in [6.07, 6.45) is 0.812. The van der Waals surface area contributed by atoms with Gasteiger partial charge in [0.25, 0.3) is 5.56 Å². The van der Waals surface area contributed by atoms with E-state index in [1.165, 1.54) is 12.1 Å². The Morgan fingerprint density at radius 1 is 1.24 bits per heavy atom. The lowest BCUT2D eigenvalue weighted by Crippen LogP contribution is -2.35. The number of aromatic nitrogens is 2. The Hall–Kier alpha value is -1.69. The summed E-state index contributed by atoms with van der Waals surface area (Å²) in [6, 6.07) is 4.77. The monoisotopic (exact) mass is 256 g/mol. The lowest BCUT2D eigenvalue weighted by atomic mass is 10.3. The van der Waals surface area contributed by atoms with Crippen LogP contribution in [0.4, 0.5) is 4.39 Å². The second kappa shape index (κ2) is 3.96. The van der Waals surface area contributed by atoms with Crippen molar-refractivity contribution in [3.8, 4) is 5.69 Å². The number of benzene rings is 1. The fourth-order valence-electron chi connectivity index (χ4n) is 1.34. The number of nitrogens with zero attached hydrogens (tertiary/aromatic N) is 1. The van der Waals surface area contributed by atoms with Gasteiger partial charge < -0.3 is 14.4 Å². The van der Waals surface area contributed by atoms with Gasteiger partial charge in [0, 0.05) is 6.20 Å². The Labute approximate surface area is 94.5 Å². The van der Waals surface area contributed by atoms with E-state index in [1.54, 1.807) is 0 Å². The van der Waals surface area contributed by atoms with Gasteiger partial charge >= 0.3 is 0 Å². The zero-order chi connectivity index (χ0) is 12.6. The predicted molar refractivity (Wildman–Crippen MR) is 53.6 cm³/mol. The minimum atomic E-state index is -5.10. The van der Waals surface area contributed by atoms with Crippen molar-refractivity contribution < 1.29 is 18.7 Å². The van der Waals surface area contributed by atoms with E-state index in [4.69, 9.17) is 0 Å². The summed E-state index contributed by atoms with van der Waals surface area (Å²) in [5.41, 5.74) is -0.749. The maximum Gasteiger partial charge on any atom is 0.279 e. The van der Waals surface area contributed by atoms with Gasteiger partial charge in [0.05, 0.1) is 11.0 Å². The second-order valence-corrected chi connectivity index (χ2v) is 4.75. The Balaban J connectivity index is 2.56. The van der Waals surface area contributed by atoms with Gasteiger partial charge in [-0.25, -0.2) is 9.07 Å². The molecule has 1 N–H and O–H groups in total. The molecular formula is C9H6FN2O4P-2. The van der Waals surface area contributed by atoms with Gasteiger partial charge in [0.15, 0.2) is 0 Å². The van der Waals surface area contributed by atoms with Gasteiger partial charge in [0.1, 0.15) is 5.82 Å². The maximum atomic E-state index is 12.7. The van der Waals surface area contributed by atoms with Crippen molar-refractivity contribution in [2.75, 3.05) is 0 Å². The highest BCUT2D eigenvalue weighted by atomic mass is 31.2. The lowest BCUT2D eigenvalue weighted by Gasteiger charge is -2.26. The standard InChI is InChI=1S/C9H8FN2O4P/c10-6-1-3-7(4-2-6)12-9(13)8(5-11-12)17(14,15)16/h1-5,11H,(H2,14,15,16)/p-2. The van der Waals surface area contributed by atoms with Crippen LogP contribution in [-0.2, 0) is 4.57 Å². The van der Waals surface area contributed by atoms with Crippen LogP contribution >= 0.6 is 7.60 Å². The molecule has 0 spiro atoms. The van der Waals surface area contributed by atoms with Gasteiger partial charge in [-0.1, -0.05) is 0 Å². The molecule has 0 fully saturated rings. The fourth-order valence-corrected chi connectivity index (χ4v) is 1.89. The molecule has 90 valence electrons. The van der Waals surface area contributed by atoms with E-state index in [0.717, 1.165) is 23.0 Å². The van der Waals surface area contributed by atoms with Gasteiger partial charge in [-0.15, -0.1) is 0 Å². The zero-order valence-electron chi connectivity index (χ0n) is 8.29. The third kappa shape index (κ3) is 2.21. The van der Waals surface area contributed by atoms with Crippen molar-refractivity contribution in [2.45, 2.75) is 0 Å². The molecule has 0 aliphatic carbocycles. The molecule has 0 unspecified atom stereocenters. The molecule has 6 nitrogen and oxygen atoms in total. The van der Waals surface area contributed by atoms with E-state index < -0.39 is 24.3 Å². The van der Waals surface area contributed by atoms with Crippen molar-refractivity contribution >= 4 is 12.9 Å². The molecule has 1 aromatic heterocycles. The number of H-pyrrole nitrogens is 1. The maximum absolute atomic E-state index is 12.7. The van der Waals surface area contributed by atoms with Gasteiger partial charge in [-0.3, -0.25) is 9.89 Å². The molecule has 0 bridgehead atoms. The molecule has 2 aromatic rings. The summed E-state index contributed by atoms with van der Waals surface area (Å²) >= 11 is 0. The molecule has 0 radical (unpaired) electrons. The van der Waals surface area contributed by atoms with Crippen LogP contribution in [0.3, 0.4) is 0 Å². The van der Waals surface area contributed by atoms with Crippen LogP contribution in [-0.4, -0.2) is 9.78 Å². The molecule has 8 heteroatoms. The summed E-state index contributed by atoms with van der Waals surface area (Å²) < 4.78 is 24.2. The molecule has 2 rings (SSSR count). The third-order valence-corrected chi connectivity index (χ3v) is 3.04. The number of aromatic amines is 1. The molecule has 17 heavy (non-hydrogen) atoms. The molecule has 0 aliphatic rings. The van der Waals surface area contributed by atoms with Crippen molar-refractivity contribution in [3.63, 3.8) is 0 Å². The molecule has 0 saturated carbocycles. The van der Waals surface area contributed by atoms with Crippen molar-refractivity contribution in [3.05, 3.63) is 46.6 Å². The second-order valence-electron chi connectivity index (χ2n) is 3.27. The number of hydrogen-bond donors (Lipinski definition) is 1. The summed E-state index contributed by atoms with van der Waals surface area (Å²) in [6.45, 7) is 0. The SMILES string of the molecule is O=c1c(P(=O)([O-])[O-])c[nH]n1-c1ccc(F)cc1. The zero-order valence-corrected chi connectivity index (χ0v) is 9.19. The van der Waals surface area contributed by atoms with Crippen LogP contribution < -0.4 is 20.7 Å². The quantitative estimate of drug-likeness (QED) is 0.685. The minimum Gasteiger partial charge on any atom is -0.807 e.